The molecule has 0 saturated carbocycles. The largest absolute Gasteiger partial charge is 0.334 e. The molecule has 0 aliphatic carbocycles. The van der Waals surface area contributed by atoms with Crippen LogP contribution in [0, 0.1) is 0 Å². The highest BCUT2D eigenvalue weighted by Crippen LogP contribution is 2.24. The van der Waals surface area contributed by atoms with Crippen molar-refractivity contribution in [1.82, 2.24) is 15.1 Å². The molecule has 0 atom stereocenters. The zero-order valence-electron chi connectivity index (χ0n) is 10.9. The second-order valence-electron chi connectivity index (χ2n) is 4.35. The van der Waals surface area contributed by atoms with E-state index in [1.165, 1.54) is 0 Å². The highest BCUT2D eigenvalue weighted by Gasteiger charge is 2.13. The second kappa shape index (κ2) is 5.63. The van der Waals surface area contributed by atoms with Crippen LogP contribution in [0.3, 0.4) is 0 Å². The van der Waals surface area contributed by atoms with Crippen LogP contribution >= 0.6 is 0 Å². The van der Waals surface area contributed by atoms with Crippen molar-refractivity contribution in [3.05, 3.63) is 54.4 Å². The molecule has 0 spiro atoms. The lowest BCUT2D eigenvalue weighted by Gasteiger charge is -2.03. The fourth-order valence-corrected chi connectivity index (χ4v) is 2.05. The van der Waals surface area contributed by atoms with Crippen LogP contribution in [0.15, 0.2) is 53.3 Å². The molecule has 0 saturated heterocycles. The second-order valence-corrected chi connectivity index (χ2v) is 4.35. The van der Waals surface area contributed by atoms with Crippen molar-refractivity contribution in [2.45, 2.75) is 6.42 Å². The minimum Gasteiger partial charge on any atom is -0.334 e. The lowest BCUT2D eigenvalue weighted by Crippen LogP contribution is -2.03. The first-order chi connectivity index (χ1) is 9.88. The summed E-state index contributed by atoms with van der Waals surface area (Å²) in [5.74, 6) is 1.07. The number of rotatable bonds is 4. The Morgan fingerprint density at radius 1 is 1.05 bits per heavy atom. The maximum absolute atomic E-state index is 5.63. The molecule has 3 rings (SSSR count). The van der Waals surface area contributed by atoms with Gasteiger partial charge in [-0.3, -0.25) is 4.98 Å². The van der Waals surface area contributed by atoms with Gasteiger partial charge in [0.2, 0.25) is 5.82 Å². The number of hydrogen-bond acceptors (Lipinski definition) is 5. The van der Waals surface area contributed by atoms with E-state index in [0.717, 1.165) is 23.1 Å². The summed E-state index contributed by atoms with van der Waals surface area (Å²) >= 11 is 0. The molecule has 2 aromatic heterocycles. The number of hydrogen-bond donors (Lipinski definition) is 1. The van der Waals surface area contributed by atoms with E-state index in [-0.39, 0.29) is 0 Å². The van der Waals surface area contributed by atoms with Crippen LogP contribution in [0.1, 0.15) is 5.56 Å². The van der Waals surface area contributed by atoms with Crippen molar-refractivity contribution < 1.29 is 4.52 Å². The summed E-state index contributed by atoms with van der Waals surface area (Å²) in [6.45, 7) is 0.586. The minimum absolute atomic E-state index is 0.515. The summed E-state index contributed by atoms with van der Waals surface area (Å²) < 4.78 is 5.37. The van der Waals surface area contributed by atoms with E-state index in [1.807, 2.05) is 36.4 Å². The summed E-state index contributed by atoms with van der Waals surface area (Å²) in [4.78, 5) is 8.42. The number of pyridine rings is 1. The van der Waals surface area contributed by atoms with Crippen LogP contribution in [-0.4, -0.2) is 21.7 Å². The Morgan fingerprint density at radius 2 is 1.85 bits per heavy atom. The molecule has 1 aromatic carbocycles. The quantitative estimate of drug-likeness (QED) is 0.784. The normalized spacial score (nSPS) is 10.7. The monoisotopic (exact) mass is 266 g/mol. The average molecular weight is 266 g/mol. The molecule has 2 N–H and O–H groups in total. The van der Waals surface area contributed by atoms with Crippen LogP contribution in [-0.2, 0) is 6.42 Å². The highest BCUT2D eigenvalue weighted by molar-refractivity contribution is 5.62. The maximum Gasteiger partial charge on any atom is 0.258 e. The lowest BCUT2D eigenvalue weighted by molar-refractivity contribution is 0.432. The van der Waals surface area contributed by atoms with Crippen LogP contribution in [0.2, 0.25) is 0 Å². The molecule has 2 heterocycles. The molecule has 20 heavy (non-hydrogen) atoms. The van der Waals surface area contributed by atoms with E-state index >= 15 is 0 Å². The summed E-state index contributed by atoms with van der Waals surface area (Å²) in [6, 6.07) is 11.6. The molecule has 0 unspecified atom stereocenters. The van der Waals surface area contributed by atoms with Gasteiger partial charge in [0.05, 0.1) is 0 Å². The van der Waals surface area contributed by atoms with Gasteiger partial charge in [0.15, 0.2) is 0 Å². The molecule has 5 heteroatoms. The van der Waals surface area contributed by atoms with Crippen LogP contribution in [0.25, 0.3) is 22.8 Å². The van der Waals surface area contributed by atoms with Gasteiger partial charge < -0.3 is 10.3 Å². The van der Waals surface area contributed by atoms with Gasteiger partial charge in [-0.1, -0.05) is 23.4 Å². The van der Waals surface area contributed by atoms with Gasteiger partial charge in [-0.25, -0.2) is 0 Å². The van der Waals surface area contributed by atoms with Crippen molar-refractivity contribution in [1.29, 1.82) is 0 Å². The van der Waals surface area contributed by atoms with Gasteiger partial charge in [-0.2, -0.15) is 4.98 Å². The molecule has 0 aliphatic rings. The van der Waals surface area contributed by atoms with Crippen LogP contribution in [0.5, 0.6) is 0 Å². The van der Waals surface area contributed by atoms with E-state index in [2.05, 4.69) is 15.1 Å². The molecule has 0 radical (unpaired) electrons. The first-order valence-corrected chi connectivity index (χ1v) is 6.41. The predicted molar refractivity (Wildman–Crippen MR) is 75.7 cm³/mol. The highest BCUT2D eigenvalue weighted by atomic mass is 16.5. The number of nitrogens with two attached hydrogens (primary N) is 1. The SMILES string of the molecule is NCCc1ccccc1-c1nc(-c2ccncc2)no1. The zero-order valence-corrected chi connectivity index (χ0v) is 10.9. The molecule has 3 aromatic rings. The Labute approximate surface area is 116 Å². The fourth-order valence-electron chi connectivity index (χ4n) is 2.05. The van der Waals surface area contributed by atoms with Gasteiger partial charge in [0.1, 0.15) is 0 Å². The molecular weight excluding hydrogens is 252 g/mol. The van der Waals surface area contributed by atoms with Crippen molar-refractivity contribution in [2.75, 3.05) is 6.54 Å². The van der Waals surface area contributed by atoms with E-state index in [4.69, 9.17) is 10.3 Å². The van der Waals surface area contributed by atoms with Crippen molar-refractivity contribution in [3.8, 4) is 22.8 Å². The number of nitrogens with zero attached hydrogens (tertiary/aromatic N) is 3. The van der Waals surface area contributed by atoms with Gasteiger partial charge in [-0.15, -0.1) is 0 Å². The van der Waals surface area contributed by atoms with Crippen molar-refractivity contribution in [3.63, 3.8) is 0 Å². The molecule has 0 fully saturated rings. The average Bonchev–Trinajstić information content (AvgIpc) is 2.99. The third-order valence-corrected chi connectivity index (χ3v) is 3.03. The maximum atomic E-state index is 5.63. The van der Waals surface area contributed by atoms with Crippen LogP contribution < -0.4 is 5.73 Å². The van der Waals surface area contributed by atoms with Crippen molar-refractivity contribution in [2.24, 2.45) is 5.73 Å². The van der Waals surface area contributed by atoms with E-state index in [1.54, 1.807) is 12.4 Å². The van der Waals surface area contributed by atoms with E-state index in [0.29, 0.717) is 18.3 Å². The molecule has 0 bridgehead atoms. The third kappa shape index (κ3) is 2.44. The smallest absolute Gasteiger partial charge is 0.258 e. The van der Waals surface area contributed by atoms with E-state index < -0.39 is 0 Å². The summed E-state index contributed by atoms with van der Waals surface area (Å²) in [7, 11) is 0. The topological polar surface area (TPSA) is 77.8 Å². The Kier molecular flexibility index (Phi) is 3.52. The molecular formula is C15H14N4O. The summed E-state index contributed by atoms with van der Waals surface area (Å²) in [5, 5.41) is 4.02. The Balaban J connectivity index is 1.98. The summed E-state index contributed by atoms with van der Waals surface area (Å²) in [6.07, 6.45) is 4.19. The third-order valence-electron chi connectivity index (χ3n) is 3.03. The Bertz CT molecular complexity index is 694. The number of aromatic nitrogens is 3. The predicted octanol–water partition coefficient (Wildman–Crippen LogP) is 2.30. The van der Waals surface area contributed by atoms with Gasteiger partial charge in [0, 0.05) is 23.5 Å². The zero-order chi connectivity index (χ0) is 13.8. The number of benzene rings is 1. The van der Waals surface area contributed by atoms with Gasteiger partial charge in [0.25, 0.3) is 5.89 Å². The minimum atomic E-state index is 0.515. The molecule has 100 valence electrons. The first kappa shape index (κ1) is 12.5. The molecule has 5 nitrogen and oxygen atoms in total. The van der Waals surface area contributed by atoms with Crippen molar-refractivity contribution >= 4 is 0 Å². The van der Waals surface area contributed by atoms with Gasteiger partial charge in [-0.05, 0) is 36.7 Å². The molecule has 0 aliphatic heterocycles. The molecule has 0 amide bonds. The van der Waals surface area contributed by atoms with Crippen LogP contribution in [0.4, 0.5) is 0 Å². The fraction of sp³-hybridized carbons (Fsp3) is 0.133. The van der Waals surface area contributed by atoms with E-state index in [9.17, 15) is 0 Å². The Morgan fingerprint density at radius 3 is 2.65 bits per heavy atom. The van der Waals surface area contributed by atoms with Gasteiger partial charge >= 0.3 is 0 Å². The Hall–Kier alpha value is -2.53. The summed E-state index contributed by atoms with van der Waals surface area (Å²) in [5.41, 5.74) is 8.56. The lowest BCUT2D eigenvalue weighted by atomic mass is 10.0. The standard InChI is InChI=1S/C15H14N4O/c16-8-5-11-3-1-2-4-13(11)15-18-14(19-20-15)12-6-9-17-10-7-12/h1-4,6-7,9-10H,5,8,16H2. The first-order valence-electron chi connectivity index (χ1n) is 6.41.